The molecular formula is C25H26FN3O5. The summed E-state index contributed by atoms with van der Waals surface area (Å²) in [6.07, 6.45) is 0.414. The van der Waals surface area contributed by atoms with E-state index in [1.165, 1.54) is 23.1 Å². The second-order valence-corrected chi connectivity index (χ2v) is 8.49. The second kappa shape index (κ2) is 9.52. The fourth-order valence-electron chi connectivity index (χ4n) is 4.46. The number of hydrogen-bond acceptors (Lipinski definition) is 6. The number of hydrogen-bond donors (Lipinski definition) is 1. The molecule has 0 radical (unpaired) electrons. The molecule has 34 heavy (non-hydrogen) atoms. The van der Waals surface area contributed by atoms with E-state index in [-0.39, 0.29) is 43.4 Å². The van der Waals surface area contributed by atoms with Gasteiger partial charge in [0.15, 0.2) is 0 Å². The van der Waals surface area contributed by atoms with Gasteiger partial charge >= 0.3 is 0 Å². The van der Waals surface area contributed by atoms with Gasteiger partial charge in [-0.25, -0.2) is 4.39 Å². The lowest BCUT2D eigenvalue weighted by Crippen LogP contribution is -2.52. The van der Waals surface area contributed by atoms with E-state index < -0.39 is 24.3 Å². The number of piperidine rings is 1. The summed E-state index contributed by atoms with van der Waals surface area (Å²) < 4.78 is 43.0. The van der Waals surface area contributed by atoms with E-state index in [1.807, 2.05) is 0 Å². The van der Waals surface area contributed by atoms with Crippen molar-refractivity contribution in [2.75, 3.05) is 26.3 Å². The lowest BCUT2D eigenvalue weighted by Gasteiger charge is -2.29. The number of rotatable bonds is 6. The molecule has 3 heterocycles. The maximum atomic E-state index is 14.6. The van der Waals surface area contributed by atoms with Crippen LogP contribution in [-0.4, -0.2) is 59.9 Å². The van der Waals surface area contributed by atoms with E-state index in [1.54, 1.807) is 23.1 Å². The third-order valence-corrected chi connectivity index (χ3v) is 6.27. The Kier molecular flexibility index (Phi) is 5.63. The molecule has 178 valence electrons. The zero-order valence-corrected chi connectivity index (χ0v) is 18.5. The highest BCUT2D eigenvalue weighted by Gasteiger charge is 2.40. The summed E-state index contributed by atoms with van der Waals surface area (Å²) in [6, 6.07) is 8.37. The molecule has 2 saturated heterocycles. The van der Waals surface area contributed by atoms with Crippen molar-refractivity contribution >= 4 is 17.7 Å². The SMILES string of the molecule is [2H]C([2H])(c1ccc(F)c(COc2cccc3c2CN(C2CCC(=O)NC2=O)C3=O)c1)N1CCOCC1. The van der Waals surface area contributed by atoms with Crippen LogP contribution in [0.4, 0.5) is 4.39 Å². The van der Waals surface area contributed by atoms with E-state index in [0.29, 0.717) is 48.7 Å². The third kappa shape index (κ3) is 4.53. The molecule has 2 fully saturated rings. The van der Waals surface area contributed by atoms with Gasteiger partial charge in [-0.2, -0.15) is 0 Å². The Morgan fingerprint density at radius 1 is 1.18 bits per heavy atom. The first kappa shape index (κ1) is 20.1. The molecule has 3 aliphatic heterocycles. The molecule has 0 saturated carbocycles. The Labute approximate surface area is 199 Å². The van der Waals surface area contributed by atoms with Crippen LogP contribution in [0, 0.1) is 5.82 Å². The summed E-state index contributed by atoms with van der Waals surface area (Å²) >= 11 is 0. The van der Waals surface area contributed by atoms with Crippen LogP contribution in [0.1, 0.15) is 42.6 Å². The van der Waals surface area contributed by atoms with Crippen molar-refractivity contribution in [1.82, 2.24) is 15.1 Å². The number of halogens is 1. The lowest BCUT2D eigenvalue weighted by molar-refractivity contribution is -0.136. The van der Waals surface area contributed by atoms with Crippen LogP contribution in [0.25, 0.3) is 0 Å². The monoisotopic (exact) mass is 469 g/mol. The number of benzene rings is 2. The minimum atomic E-state index is -1.80. The summed E-state index contributed by atoms with van der Waals surface area (Å²) in [7, 11) is 0. The number of nitrogens with one attached hydrogen (secondary N) is 1. The van der Waals surface area contributed by atoms with Crippen LogP contribution in [0.5, 0.6) is 5.75 Å². The Bertz CT molecular complexity index is 1220. The average molecular weight is 470 g/mol. The van der Waals surface area contributed by atoms with E-state index in [0.717, 1.165) is 0 Å². The lowest BCUT2D eigenvalue weighted by atomic mass is 10.0. The van der Waals surface area contributed by atoms with Gasteiger partial charge in [-0.05, 0) is 36.2 Å². The van der Waals surface area contributed by atoms with Crippen LogP contribution in [0.15, 0.2) is 36.4 Å². The quantitative estimate of drug-likeness (QED) is 0.652. The molecule has 3 amide bonds. The highest BCUT2D eigenvalue weighted by Crippen LogP contribution is 2.34. The van der Waals surface area contributed by atoms with Crippen molar-refractivity contribution in [2.24, 2.45) is 0 Å². The predicted octanol–water partition coefficient (Wildman–Crippen LogP) is 2.00. The van der Waals surface area contributed by atoms with Crippen LogP contribution in [0.2, 0.25) is 0 Å². The van der Waals surface area contributed by atoms with E-state index in [4.69, 9.17) is 12.2 Å². The largest absolute Gasteiger partial charge is 0.488 e. The molecule has 9 heteroatoms. The fraction of sp³-hybridized carbons (Fsp3) is 0.400. The van der Waals surface area contributed by atoms with Gasteiger partial charge in [0.1, 0.15) is 24.2 Å². The molecule has 0 bridgehead atoms. The molecule has 3 aliphatic rings. The van der Waals surface area contributed by atoms with Gasteiger partial charge in [-0.15, -0.1) is 0 Å². The van der Waals surface area contributed by atoms with Crippen molar-refractivity contribution in [3.63, 3.8) is 0 Å². The number of imide groups is 1. The van der Waals surface area contributed by atoms with Gasteiger partial charge in [-0.1, -0.05) is 12.1 Å². The maximum absolute atomic E-state index is 14.6. The van der Waals surface area contributed by atoms with Gasteiger partial charge in [0.05, 0.1) is 19.8 Å². The summed E-state index contributed by atoms with van der Waals surface area (Å²) in [6.45, 7) is -0.0847. The van der Waals surface area contributed by atoms with Gasteiger partial charge in [0, 0.05) is 45.4 Å². The number of fused-ring (bicyclic) bond motifs is 1. The number of ether oxygens (including phenoxy) is 2. The van der Waals surface area contributed by atoms with Gasteiger partial charge in [-0.3, -0.25) is 24.6 Å². The molecule has 2 aromatic rings. The first-order chi connectivity index (χ1) is 17.3. The topological polar surface area (TPSA) is 88.2 Å². The summed E-state index contributed by atoms with van der Waals surface area (Å²) in [5, 5.41) is 2.28. The zero-order valence-electron chi connectivity index (χ0n) is 20.5. The fourth-order valence-corrected chi connectivity index (χ4v) is 4.46. The van der Waals surface area contributed by atoms with Crippen LogP contribution < -0.4 is 10.1 Å². The minimum Gasteiger partial charge on any atom is -0.488 e. The van der Waals surface area contributed by atoms with Gasteiger partial charge in [0.2, 0.25) is 11.8 Å². The standard InChI is InChI=1S/C25H26FN3O5/c26-20-5-4-16(13-28-8-10-33-11-9-28)12-17(20)15-34-22-3-1-2-18-19(22)14-29(25(18)32)21-6-7-23(30)27-24(21)31/h1-5,12,21H,6-11,13-15H2,(H,27,30,31)/i13D2. The molecule has 1 unspecified atom stereocenters. The first-order valence-corrected chi connectivity index (χ1v) is 11.3. The van der Waals surface area contributed by atoms with Crippen molar-refractivity contribution in [3.8, 4) is 5.75 Å². The Hall–Kier alpha value is -3.30. The third-order valence-electron chi connectivity index (χ3n) is 6.27. The molecule has 5 rings (SSSR count). The molecule has 0 aromatic heterocycles. The van der Waals surface area contributed by atoms with Crippen LogP contribution in [-0.2, 0) is 34.0 Å². The Morgan fingerprint density at radius 3 is 2.79 bits per heavy atom. The van der Waals surface area contributed by atoms with E-state index in [9.17, 15) is 18.8 Å². The first-order valence-electron chi connectivity index (χ1n) is 12.3. The predicted molar refractivity (Wildman–Crippen MR) is 119 cm³/mol. The number of nitrogens with zero attached hydrogens (tertiary/aromatic N) is 2. The number of carbonyl (C=O) groups excluding carboxylic acids is 3. The molecule has 2 aromatic carbocycles. The maximum Gasteiger partial charge on any atom is 0.255 e. The van der Waals surface area contributed by atoms with E-state index in [2.05, 4.69) is 5.32 Å². The number of morpholine rings is 1. The van der Waals surface area contributed by atoms with E-state index >= 15 is 0 Å². The van der Waals surface area contributed by atoms with Crippen molar-refractivity contribution in [3.05, 3.63) is 64.5 Å². The van der Waals surface area contributed by atoms with Crippen molar-refractivity contribution in [1.29, 1.82) is 0 Å². The second-order valence-electron chi connectivity index (χ2n) is 8.49. The molecule has 8 nitrogen and oxygen atoms in total. The summed E-state index contributed by atoms with van der Waals surface area (Å²) in [5.74, 6) is -1.31. The molecular weight excluding hydrogens is 441 g/mol. The average Bonchev–Trinajstić information content (AvgIpc) is 3.20. The van der Waals surface area contributed by atoms with Crippen molar-refractivity contribution < 1.29 is 31.0 Å². The summed E-state index contributed by atoms with van der Waals surface area (Å²) in [5.41, 5.74) is 1.50. The van der Waals surface area contributed by atoms with Gasteiger partial charge < -0.3 is 14.4 Å². The number of amides is 3. The van der Waals surface area contributed by atoms with Gasteiger partial charge in [0.25, 0.3) is 5.91 Å². The summed E-state index contributed by atoms with van der Waals surface area (Å²) in [4.78, 5) is 39.9. The Balaban J connectivity index is 1.33. The van der Waals surface area contributed by atoms with Crippen LogP contribution >= 0.6 is 0 Å². The number of carbonyl (C=O) groups is 3. The molecule has 0 spiro atoms. The van der Waals surface area contributed by atoms with Crippen molar-refractivity contribution in [2.45, 2.75) is 38.5 Å². The molecule has 1 N–H and O–H groups in total. The smallest absolute Gasteiger partial charge is 0.255 e. The Morgan fingerprint density at radius 2 is 2.00 bits per heavy atom. The highest BCUT2D eigenvalue weighted by atomic mass is 19.1. The normalized spacial score (nSPS) is 22.2. The minimum absolute atomic E-state index is 0.138. The zero-order chi connectivity index (χ0) is 25.4. The molecule has 1 atom stereocenters. The van der Waals surface area contributed by atoms with Crippen LogP contribution in [0.3, 0.4) is 0 Å². The highest BCUT2D eigenvalue weighted by molar-refractivity contribution is 6.05. The molecule has 0 aliphatic carbocycles.